The van der Waals surface area contributed by atoms with Gasteiger partial charge in [0.1, 0.15) is 0 Å². The molecule has 0 aliphatic heterocycles. The lowest BCUT2D eigenvalue weighted by Gasteiger charge is -2.21. The summed E-state index contributed by atoms with van der Waals surface area (Å²) >= 11 is 0. The monoisotopic (exact) mass is 275 g/mol. The van der Waals surface area contributed by atoms with Gasteiger partial charge in [-0.3, -0.25) is 4.79 Å². The minimum Gasteiger partial charge on any atom is -0.464 e. The van der Waals surface area contributed by atoms with Crippen LogP contribution in [0.3, 0.4) is 0 Å². The van der Waals surface area contributed by atoms with Crippen molar-refractivity contribution in [3.63, 3.8) is 0 Å². The third-order valence-electron chi connectivity index (χ3n) is 3.02. The van der Waals surface area contributed by atoms with Gasteiger partial charge in [0.05, 0.1) is 6.61 Å². The second-order valence-electron chi connectivity index (χ2n) is 4.71. The van der Waals surface area contributed by atoms with Gasteiger partial charge < -0.3 is 10.1 Å². The molecule has 0 radical (unpaired) electrons. The molecule has 0 fully saturated rings. The molecule has 20 heavy (non-hydrogen) atoms. The Hall–Kier alpha value is -2.10. The first kappa shape index (κ1) is 16.0. The Bertz CT molecular complexity index is 512. The van der Waals surface area contributed by atoms with Crippen molar-refractivity contribution in [1.82, 2.24) is 5.32 Å². The molecule has 1 rings (SSSR count). The smallest absolute Gasteiger partial charge is 0.333 e. The normalized spacial score (nSPS) is 11.6. The molecule has 0 bridgehead atoms. The minimum atomic E-state index is -0.805. The van der Waals surface area contributed by atoms with Crippen molar-refractivity contribution in [2.45, 2.75) is 33.7 Å². The topological polar surface area (TPSA) is 55.4 Å². The first-order valence-electron chi connectivity index (χ1n) is 6.58. The van der Waals surface area contributed by atoms with Crippen LogP contribution in [0.5, 0.6) is 0 Å². The summed E-state index contributed by atoms with van der Waals surface area (Å²) in [7, 11) is 0. The number of aryl methyl sites for hydroxylation is 3. The number of esters is 1. The van der Waals surface area contributed by atoms with Crippen LogP contribution in [0.2, 0.25) is 0 Å². The SMILES string of the molecule is C=CC(=O)NC(C(=O)OCC)c1c(C)cc(C)cc1C. The van der Waals surface area contributed by atoms with E-state index in [0.717, 1.165) is 28.3 Å². The van der Waals surface area contributed by atoms with Crippen LogP contribution in [0, 0.1) is 20.8 Å². The highest BCUT2D eigenvalue weighted by molar-refractivity contribution is 5.91. The fourth-order valence-electron chi connectivity index (χ4n) is 2.32. The Morgan fingerprint density at radius 1 is 1.30 bits per heavy atom. The fraction of sp³-hybridized carbons (Fsp3) is 0.375. The highest BCUT2D eigenvalue weighted by Gasteiger charge is 2.26. The van der Waals surface area contributed by atoms with Gasteiger partial charge in [0, 0.05) is 0 Å². The number of hydrogen-bond donors (Lipinski definition) is 1. The van der Waals surface area contributed by atoms with Crippen LogP contribution in [0.25, 0.3) is 0 Å². The summed E-state index contributed by atoms with van der Waals surface area (Å²) in [4.78, 5) is 23.7. The van der Waals surface area contributed by atoms with Gasteiger partial charge in [0.25, 0.3) is 0 Å². The van der Waals surface area contributed by atoms with Crippen molar-refractivity contribution < 1.29 is 14.3 Å². The molecular weight excluding hydrogens is 254 g/mol. The van der Waals surface area contributed by atoms with Gasteiger partial charge in [-0.25, -0.2) is 4.79 Å². The molecular formula is C16H21NO3. The number of rotatable bonds is 5. The second kappa shape index (κ2) is 6.89. The zero-order valence-corrected chi connectivity index (χ0v) is 12.4. The molecule has 1 unspecified atom stereocenters. The first-order chi connectivity index (χ1) is 9.40. The van der Waals surface area contributed by atoms with E-state index in [4.69, 9.17) is 4.74 Å². The van der Waals surface area contributed by atoms with Crippen LogP contribution in [-0.4, -0.2) is 18.5 Å². The maximum Gasteiger partial charge on any atom is 0.333 e. The van der Waals surface area contributed by atoms with Crippen molar-refractivity contribution in [2.75, 3.05) is 6.61 Å². The number of hydrogen-bond acceptors (Lipinski definition) is 3. The molecule has 0 aromatic heterocycles. The summed E-state index contributed by atoms with van der Waals surface area (Å²) < 4.78 is 5.06. The summed E-state index contributed by atoms with van der Waals surface area (Å²) in [6, 6.07) is 3.16. The molecule has 0 saturated carbocycles. The molecule has 1 amide bonds. The lowest BCUT2D eigenvalue weighted by atomic mass is 9.94. The summed E-state index contributed by atoms with van der Waals surface area (Å²) in [5.74, 6) is -0.861. The van der Waals surface area contributed by atoms with E-state index in [2.05, 4.69) is 11.9 Å². The number of carbonyl (C=O) groups is 2. The highest BCUT2D eigenvalue weighted by atomic mass is 16.5. The van der Waals surface area contributed by atoms with Crippen LogP contribution in [0.4, 0.5) is 0 Å². The maximum absolute atomic E-state index is 12.1. The first-order valence-corrected chi connectivity index (χ1v) is 6.58. The largest absolute Gasteiger partial charge is 0.464 e. The molecule has 4 heteroatoms. The molecule has 0 aliphatic rings. The zero-order valence-electron chi connectivity index (χ0n) is 12.4. The molecule has 0 heterocycles. The molecule has 0 saturated heterocycles. The molecule has 1 aromatic rings. The molecule has 0 aliphatic carbocycles. The summed E-state index contributed by atoms with van der Waals surface area (Å²) in [5.41, 5.74) is 3.79. The van der Waals surface area contributed by atoms with Crippen LogP contribution in [0.15, 0.2) is 24.8 Å². The summed E-state index contributed by atoms with van der Waals surface area (Å²) in [6.07, 6.45) is 1.14. The average Bonchev–Trinajstić information content (AvgIpc) is 2.36. The van der Waals surface area contributed by atoms with Gasteiger partial charge in [0.15, 0.2) is 6.04 Å². The van der Waals surface area contributed by atoms with Gasteiger partial charge in [-0.1, -0.05) is 24.3 Å². The van der Waals surface area contributed by atoms with E-state index in [1.54, 1.807) is 6.92 Å². The Balaban J connectivity index is 3.26. The quantitative estimate of drug-likeness (QED) is 0.663. The van der Waals surface area contributed by atoms with E-state index in [0.29, 0.717) is 0 Å². The van der Waals surface area contributed by atoms with Crippen LogP contribution in [0.1, 0.15) is 35.2 Å². The van der Waals surface area contributed by atoms with Gasteiger partial charge >= 0.3 is 5.97 Å². The third kappa shape index (κ3) is 3.70. The predicted octanol–water partition coefficient (Wildman–Crippen LogP) is 2.52. The lowest BCUT2D eigenvalue weighted by Crippen LogP contribution is -2.35. The van der Waals surface area contributed by atoms with Crippen LogP contribution >= 0.6 is 0 Å². The third-order valence-corrected chi connectivity index (χ3v) is 3.02. The van der Waals surface area contributed by atoms with E-state index in [9.17, 15) is 9.59 Å². The standard InChI is InChI=1S/C16H21NO3/c1-6-13(18)17-15(16(19)20-7-2)14-11(4)8-10(3)9-12(14)5/h6,8-9,15H,1,7H2,2-5H3,(H,17,18). The maximum atomic E-state index is 12.1. The Kier molecular flexibility index (Phi) is 5.50. The number of carbonyl (C=O) groups excluding carboxylic acids is 2. The molecule has 0 spiro atoms. The predicted molar refractivity (Wildman–Crippen MR) is 78.4 cm³/mol. The molecule has 108 valence electrons. The minimum absolute atomic E-state index is 0.267. The van der Waals surface area contributed by atoms with Crippen molar-refractivity contribution in [2.24, 2.45) is 0 Å². The summed E-state index contributed by atoms with van der Waals surface area (Å²) in [6.45, 7) is 11.2. The van der Waals surface area contributed by atoms with E-state index < -0.39 is 17.9 Å². The van der Waals surface area contributed by atoms with Crippen molar-refractivity contribution in [3.8, 4) is 0 Å². The van der Waals surface area contributed by atoms with Gasteiger partial charge in [-0.15, -0.1) is 0 Å². The van der Waals surface area contributed by atoms with Gasteiger partial charge in [0.2, 0.25) is 5.91 Å². The van der Waals surface area contributed by atoms with E-state index >= 15 is 0 Å². The van der Waals surface area contributed by atoms with Crippen LogP contribution < -0.4 is 5.32 Å². The average molecular weight is 275 g/mol. The Morgan fingerprint density at radius 2 is 1.85 bits per heavy atom. The molecule has 1 aromatic carbocycles. The molecule has 1 N–H and O–H groups in total. The Morgan fingerprint density at radius 3 is 2.30 bits per heavy atom. The molecule has 1 atom stereocenters. The van der Waals surface area contributed by atoms with E-state index in [-0.39, 0.29) is 6.61 Å². The van der Waals surface area contributed by atoms with Gasteiger partial charge in [-0.2, -0.15) is 0 Å². The number of ether oxygens (including phenoxy) is 1. The van der Waals surface area contributed by atoms with Gasteiger partial charge in [-0.05, 0) is 50.5 Å². The van der Waals surface area contributed by atoms with Crippen molar-refractivity contribution in [1.29, 1.82) is 0 Å². The summed E-state index contributed by atoms with van der Waals surface area (Å²) in [5, 5.41) is 2.64. The van der Waals surface area contributed by atoms with Crippen molar-refractivity contribution >= 4 is 11.9 Å². The van der Waals surface area contributed by atoms with E-state index in [1.807, 2.05) is 32.9 Å². The van der Waals surface area contributed by atoms with Crippen LogP contribution in [-0.2, 0) is 14.3 Å². The van der Waals surface area contributed by atoms with Crippen molar-refractivity contribution in [3.05, 3.63) is 47.0 Å². The number of benzene rings is 1. The number of amides is 1. The Labute approximate surface area is 119 Å². The fourth-order valence-corrected chi connectivity index (χ4v) is 2.32. The lowest BCUT2D eigenvalue weighted by molar-refractivity contribution is -0.147. The van der Waals surface area contributed by atoms with E-state index in [1.165, 1.54) is 0 Å². The number of nitrogens with one attached hydrogen (secondary N) is 1. The highest BCUT2D eigenvalue weighted by Crippen LogP contribution is 2.24. The zero-order chi connectivity index (χ0) is 15.3. The second-order valence-corrected chi connectivity index (χ2v) is 4.71. The molecule has 4 nitrogen and oxygen atoms in total.